The van der Waals surface area contributed by atoms with Crippen molar-refractivity contribution >= 4 is 27.7 Å². The fourth-order valence-corrected chi connectivity index (χ4v) is 3.55. The molecule has 6 nitrogen and oxygen atoms in total. The van der Waals surface area contributed by atoms with Crippen molar-refractivity contribution in [3.05, 3.63) is 48.3 Å². The summed E-state index contributed by atoms with van der Waals surface area (Å²) in [6.45, 7) is 7.46. The van der Waals surface area contributed by atoms with E-state index in [1.54, 1.807) is 0 Å². The highest BCUT2D eigenvalue weighted by Gasteiger charge is 2.32. The van der Waals surface area contributed by atoms with Crippen molar-refractivity contribution in [3.8, 4) is 0 Å². The molecule has 2 rings (SSSR count). The molecule has 7 heteroatoms. The Morgan fingerprint density at radius 2 is 1.92 bits per heavy atom. The van der Waals surface area contributed by atoms with Crippen LogP contribution in [0.5, 0.6) is 0 Å². The van der Waals surface area contributed by atoms with E-state index in [-0.39, 0.29) is 34.0 Å². The molecule has 0 saturated heterocycles. The Kier molecular flexibility index (Phi) is 5.59. The molecule has 0 aromatic heterocycles. The molecule has 0 unspecified atom stereocenters. The average molecular weight is 362 g/mol. The fourth-order valence-electron chi connectivity index (χ4n) is 2.55. The molecule has 2 N–H and O–H groups in total. The molecule has 0 radical (unpaired) electrons. The van der Waals surface area contributed by atoms with Gasteiger partial charge in [-0.05, 0) is 29.7 Å². The van der Waals surface area contributed by atoms with E-state index in [1.165, 1.54) is 36.6 Å². The van der Waals surface area contributed by atoms with Gasteiger partial charge in [-0.2, -0.15) is 0 Å². The van der Waals surface area contributed by atoms with Crippen molar-refractivity contribution in [2.24, 2.45) is 10.4 Å². The molecular formula is C18H22N2O4S. The lowest BCUT2D eigenvalue weighted by Gasteiger charge is -2.28. The molecule has 1 aromatic rings. The summed E-state index contributed by atoms with van der Waals surface area (Å²) in [4.78, 5) is 16.4. The number of aliphatic hydroxyl groups is 1. The first-order valence-electron chi connectivity index (χ1n) is 7.85. The molecule has 0 heterocycles. The Morgan fingerprint density at radius 3 is 2.48 bits per heavy atom. The molecular weight excluding hydrogens is 340 g/mol. The zero-order valence-electron chi connectivity index (χ0n) is 14.3. The van der Waals surface area contributed by atoms with Gasteiger partial charge in [0.25, 0.3) is 0 Å². The van der Waals surface area contributed by atoms with Crippen molar-refractivity contribution in [1.82, 2.24) is 4.72 Å². The lowest BCUT2D eigenvalue weighted by Crippen LogP contribution is -2.26. The lowest BCUT2D eigenvalue weighted by molar-refractivity contribution is -0.117. The van der Waals surface area contributed by atoms with E-state index >= 15 is 0 Å². The van der Waals surface area contributed by atoms with Crippen LogP contribution >= 0.6 is 0 Å². The fraction of sp³-hybridized carbons (Fsp3) is 0.333. The van der Waals surface area contributed by atoms with Crippen LogP contribution in [-0.2, 0) is 14.8 Å². The maximum atomic E-state index is 12.1. The van der Waals surface area contributed by atoms with Crippen LogP contribution in [0.4, 0.5) is 5.69 Å². The molecule has 1 aromatic carbocycles. The van der Waals surface area contributed by atoms with Gasteiger partial charge in [0.2, 0.25) is 10.0 Å². The van der Waals surface area contributed by atoms with Gasteiger partial charge in [-0.15, -0.1) is 6.58 Å². The number of benzene rings is 1. The highest BCUT2D eigenvalue weighted by atomic mass is 32.2. The Labute approximate surface area is 148 Å². The summed E-state index contributed by atoms with van der Waals surface area (Å²) in [5.74, 6) is -0.108. The Bertz CT molecular complexity index is 834. The summed E-state index contributed by atoms with van der Waals surface area (Å²) in [5, 5.41) is 10.1. The van der Waals surface area contributed by atoms with Crippen LogP contribution in [0.15, 0.2) is 58.1 Å². The maximum absolute atomic E-state index is 12.1. The minimum Gasteiger partial charge on any atom is -0.511 e. The maximum Gasteiger partial charge on any atom is 0.240 e. The van der Waals surface area contributed by atoms with Crippen LogP contribution in [-0.4, -0.2) is 32.1 Å². The lowest BCUT2D eigenvalue weighted by atomic mass is 9.77. The van der Waals surface area contributed by atoms with Crippen LogP contribution in [0.1, 0.15) is 26.7 Å². The number of aliphatic imine (C=N–C) groups is 1. The summed E-state index contributed by atoms with van der Waals surface area (Å²) < 4.78 is 26.3. The summed E-state index contributed by atoms with van der Waals surface area (Å²) >= 11 is 0. The van der Waals surface area contributed by atoms with Crippen molar-refractivity contribution in [3.63, 3.8) is 0 Å². The molecule has 0 spiro atoms. The number of ketones is 1. The van der Waals surface area contributed by atoms with Gasteiger partial charge in [0.05, 0.1) is 16.2 Å². The molecule has 0 aliphatic heterocycles. The Balaban J connectivity index is 2.18. The second-order valence-electron chi connectivity index (χ2n) is 6.69. The smallest absolute Gasteiger partial charge is 0.240 e. The number of rotatable bonds is 6. The van der Waals surface area contributed by atoms with Gasteiger partial charge >= 0.3 is 0 Å². The minimum atomic E-state index is -3.58. The number of nitrogens with one attached hydrogen (secondary N) is 1. The van der Waals surface area contributed by atoms with Crippen LogP contribution < -0.4 is 4.72 Å². The molecule has 134 valence electrons. The van der Waals surface area contributed by atoms with Gasteiger partial charge < -0.3 is 5.11 Å². The third kappa shape index (κ3) is 4.87. The Hall–Kier alpha value is -2.25. The van der Waals surface area contributed by atoms with E-state index < -0.39 is 10.0 Å². The van der Waals surface area contributed by atoms with E-state index in [0.717, 1.165) is 0 Å². The highest BCUT2D eigenvalue weighted by molar-refractivity contribution is 7.89. The second kappa shape index (κ2) is 7.33. The zero-order valence-corrected chi connectivity index (χ0v) is 15.1. The van der Waals surface area contributed by atoms with E-state index in [2.05, 4.69) is 16.3 Å². The van der Waals surface area contributed by atoms with E-state index in [9.17, 15) is 18.3 Å². The molecule has 0 atom stereocenters. The first-order chi connectivity index (χ1) is 11.6. The number of carbonyl (C=O) groups excluding carboxylic acids is 1. The largest absolute Gasteiger partial charge is 0.511 e. The minimum absolute atomic E-state index is 0.0397. The molecule has 1 aliphatic carbocycles. The summed E-state index contributed by atoms with van der Waals surface area (Å²) in [7, 11) is -3.58. The number of hydrogen-bond acceptors (Lipinski definition) is 5. The molecule has 0 saturated carbocycles. The number of Topliss-reactive ketones (excluding diaryl/α,β-unsaturated/α-hetero) is 1. The normalized spacial score (nSPS) is 17.9. The van der Waals surface area contributed by atoms with Gasteiger partial charge in [0.15, 0.2) is 5.78 Å². The van der Waals surface area contributed by atoms with Crippen molar-refractivity contribution < 1.29 is 18.3 Å². The first kappa shape index (κ1) is 19.1. The third-order valence-corrected chi connectivity index (χ3v) is 5.24. The monoisotopic (exact) mass is 362 g/mol. The molecule has 1 aliphatic rings. The number of aliphatic hydroxyl groups excluding tert-OH is 1. The predicted octanol–water partition coefficient (Wildman–Crippen LogP) is 3.05. The Morgan fingerprint density at radius 1 is 1.28 bits per heavy atom. The standard InChI is InChI=1S/C18H22N2O4S/c1-4-9-20-25(23,24)14-7-5-13(6-8-14)19-12-15-16(21)10-18(2,3)11-17(15)22/h4-8,12,20-21H,1,9-11H2,2-3H3. The van der Waals surface area contributed by atoms with Crippen LogP contribution in [0, 0.1) is 5.41 Å². The van der Waals surface area contributed by atoms with E-state index in [1.807, 2.05) is 13.8 Å². The summed E-state index contributed by atoms with van der Waals surface area (Å²) in [5.41, 5.74) is 0.441. The van der Waals surface area contributed by atoms with Crippen LogP contribution in [0.3, 0.4) is 0 Å². The van der Waals surface area contributed by atoms with Gasteiger partial charge in [-0.25, -0.2) is 13.1 Å². The molecule has 0 amide bonds. The van der Waals surface area contributed by atoms with Gasteiger partial charge in [-0.3, -0.25) is 9.79 Å². The quantitative estimate of drug-likeness (QED) is 0.600. The van der Waals surface area contributed by atoms with Crippen LogP contribution in [0.2, 0.25) is 0 Å². The van der Waals surface area contributed by atoms with E-state index in [4.69, 9.17) is 0 Å². The number of hydrogen-bond donors (Lipinski definition) is 2. The van der Waals surface area contributed by atoms with Crippen molar-refractivity contribution in [2.75, 3.05) is 6.54 Å². The molecule has 0 bridgehead atoms. The third-order valence-electron chi connectivity index (χ3n) is 3.80. The van der Waals surface area contributed by atoms with Crippen LogP contribution in [0.25, 0.3) is 0 Å². The zero-order chi connectivity index (χ0) is 18.7. The number of allylic oxidation sites excluding steroid dienone is 2. The highest BCUT2D eigenvalue weighted by Crippen LogP contribution is 2.35. The molecule has 25 heavy (non-hydrogen) atoms. The predicted molar refractivity (Wildman–Crippen MR) is 97.7 cm³/mol. The number of nitrogens with zero attached hydrogens (tertiary/aromatic N) is 1. The van der Waals surface area contributed by atoms with Crippen molar-refractivity contribution in [2.45, 2.75) is 31.6 Å². The second-order valence-corrected chi connectivity index (χ2v) is 8.46. The SMILES string of the molecule is C=CCNS(=O)(=O)c1ccc(N=CC2=C(O)CC(C)(C)CC2=O)cc1. The molecule has 0 fully saturated rings. The first-order valence-corrected chi connectivity index (χ1v) is 9.33. The average Bonchev–Trinajstić information content (AvgIpc) is 2.51. The summed E-state index contributed by atoms with van der Waals surface area (Å²) in [6.07, 6.45) is 3.57. The van der Waals surface area contributed by atoms with Gasteiger partial charge in [-0.1, -0.05) is 19.9 Å². The number of sulfonamides is 1. The van der Waals surface area contributed by atoms with Gasteiger partial charge in [0, 0.05) is 25.6 Å². The van der Waals surface area contributed by atoms with Crippen molar-refractivity contribution in [1.29, 1.82) is 0 Å². The van der Waals surface area contributed by atoms with Gasteiger partial charge in [0.1, 0.15) is 5.76 Å². The number of carbonyl (C=O) groups is 1. The topological polar surface area (TPSA) is 95.8 Å². The van der Waals surface area contributed by atoms with E-state index in [0.29, 0.717) is 18.5 Å². The summed E-state index contributed by atoms with van der Waals surface area (Å²) in [6, 6.07) is 5.93.